The highest BCUT2D eigenvalue weighted by molar-refractivity contribution is 5.75. The van der Waals surface area contributed by atoms with Crippen LogP contribution < -0.4 is 0 Å². The van der Waals surface area contributed by atoms with E-state index in [1.165, 1.54) is 0 Å². The first-order valence-corrected chi connectivity index (χ1v) is 5.22. The van der Waals surface area contributed by atoms with E-state index in [2.05, 4.69) is 0 Å². The number of nitrogens with zero attached hydrogens (tertiary/aromatic N) is 1. The molecular formula is C11H11NO7. The van der Waals surface area contributed by atoms with E-state index in [1.54, 1.807) is 0 Å². The molecule has 0 saturated heterocycles. The number of carboxylic acids is 2. The van der Waals surface area contributed by atoms with Gasteiger partial charge in [-0.1, -0.05) is 0 Å². The van der Waals surface area contributed by atoms with E-state index in [-0.39, 0.29) is 29.7 Å². The van der Waals surface area contributed by atoms with Gasteiger partial charge in [0, 0.05) is 18.6 Å². The summed E-state index contributed by atoms with van der Waals surface area (Å²) in [5, 5.41) is 37.4. The number of aryl methyl sites for hydroxylation is 1. The molecule has 3 N–H and O–H groups in total. The van der Waals surface area contributed by atoms with E-state index in [0.717, 1.165) is 18.2 Å². The van der Waals surface area contributed by atoms with E-state index in [1.807, 2.05) is 0 Å². The lowest BCUT2D eigenvalue weighted by molar-refractivity contribution is -0.384. The predicted octanol–water partition coefficient (Wildman–Crippen LogP) is 0.730. The Balaban J connectivity index is 3.17. The maximum atomic E-state index is 10.7. The molecule has 0 bridgehead atoms. The topological polar surface area (TPSA) is 138 Å². The van der Waals surface area contributed by atoms with E-state index in [4.69, 9.17) is 10.2 Å². The number of aliphatic carboxylic acids is 2. The fourth-order valence-electron chi connectivity index (χ4n) is 1.56. The smallest absolute Gasteiger partial charge is 0.337 e. The van der Waals surface area contributed by atoms with Crippen molar-refractivity contribution in [3.63, 3.8) is 0 Å². The molecule has 102 valence electrons. The molecule has 1 rings (SSSR count). The van der Waals surface area contributed by atoms with Crippen LogP contribution in [0.2, 0.25) is 0 Å². The van der Waals surface area contributed by atoms with Gasteiger partial charge in [-0.25, -0.2) is 4.79 Å². The van der Waals surface area contributed by atoms with E-state index in [0.29, 0.717) is 0 Å². The molecular weight excluding hydrogens is 258 g/mol. The van der Waals surface area contributed by atoms with Crippen molar-refractivity contribution >= 4 is 17.6 Å². The average Bonchev–Trinajstić information content (AvgIpc) is 2.34. The predicted molar refractivity (Wildman–Crippen MR) is 61.6 cm³/mol. The van der Waals surface area contributed by atoms with Crippen molar-refractivity contribution in [3.8, 4) is 0 Å². The van der Waals surface area contributed by atoms with Gasteiger partial charge in [-0.2, -0.15) is 0 Å². The minimum atomic E-state index is -1.84. The second-order valence-electron chi connectivity index (χ2n) is 3.77. The van der Waals surface area contributed by atoms with E-state index >= 15 is 0 Å². The number of hydrogen-bond acceptors (Lipinski definition) is 5. The summed E-state index contributed by atoms with van der Waals surface area (Å²) in [6.07, 6.45) is -2.26. The van der Waals surface area contributed by atoms with Gasteiger partial charge in [0.2, 0.25) is 0 Å². The summed E-state index contributed by atoms with van der Waals surface area (Å²) in [5.74, 6) is -2.63. The zero-order valence-corrected chi connectivity index (χ0v) is 9.65. The van der Waals surface area contributed by atoms with Crippen molar-refractivity contribution in [1.29, 1.82) is 0 Å². The van der Waals surface area contributed by atoms with E-state index < -0.39 is 23.0 Å². The van der Waals surface area contributed by atoms with Gasteiger partial charge in [0.05, 0.1) is 4.92 Å². The molecule has 1 aromatic rings. The number of non-ortho nitro benzene ring substituents is 1. The number of nitro groups is 1. The zero-order chi connectivity index (χ0) is 14.6. The first-order chi connectivity index (χ1) is 8.82. The highest BCUT2D eigenvalue weighted by Gasteiger charge is 2.22. The molecule has 0 aliphatic heterocycles. The summed E-state index contributed by atoms with van der Waals surface area (Å²) in [6, 6.07) is 3.25. The Kier molecular flexibility index (Phi) is 4.54. The summed E-state index contributed by atoms with van der Waals surface area (Å²) in [4.78, 5) is 31.1. The Bertz CT molecular complexity index is 526. The molecule has 0 fully saturated rings. The van der Waals surface area contributed by atoms with Crippen molar-refractivity contribution in [1.82, 2.24) is 0 Å². The third kappa shape index (κ3) is 3.75. The van der Waals surface area contributed by atoms with Gasteiger partial charge in [-0.05, 0) is 23.6 Å². The lowest BCUT2D eigenvalue weighted by atomic mass is 9.98. The molecule has 0 radical (unpaired) electrons. The molecule has 1 atom stereocenters. The van der Waals surface area contributed by atoms with Gasteiger partial charge in [0.1, 0.15) is 0 Å². The molecule has 0 aliphatic carbocycles. The van der Waals surface area contributed by atoms with Crippen LogP contribution in [0.5, 0.6) is 0 Å². The van der Waals surface area contributed by atoms with Gasteiger partial charge in [0.15, 0.2) is 6.10 Å². The SMILES string of the molecule is O=C(O)CCc1cc([N+](=O)[O-])ccc1C(O)C(=O)O. The van der Waals surface area contributed by atoms with Crippen LogP contribution in [-0.4, -0.2) is 32.2 Å². The zero-order valence-electron chi connectivity index (χ0n) is 9.65. The van der Waals surface area contributed by atoms with Crippen LogP contribution in [-0.2, 0) is 16.0 Å². The highest BCUT2D eigenvalue weighted by atomic mass is 16.6. The number of rotatable bonds is 6. The molecule has 1 unspecified atom stereocenters. The molecule has 0 spiro atoms. The standard InChI is InChI=1S/C11H11NO7/c13-9(14)4-1-6-5-7(12(18)19)2-3-8(6)10(15)11(16)17/h2-3,5,10,15H,1,4H2,(H,13,14)(H,16,17). The second kappa shape index (κ2) is 5.91. The number of benzene rings is 1. The van der Waals surface area contributed by atoms with Crippen LogP contribution in [0.25, 0.3) is 0 Å². The highest BCUT2D eigenvalue weighted by Crippen LogP contribution is 2.24. The van der Waals surface area contributed by atoms with Crippen LogP contribution in [0, 0.1) is 10.1 Å². The Labute approximate surface area is 107 Å². The summed E-state index contributed by atoms with van der Waals surface area (Å²) >= 11 is 0. The third-order valence-electron chi connectivity index (χ3n) is 2.47. The molecule has 0 saturated carbocycles. The maximum Gasteiger partial charge on any atom is 0.337 e. The Morgan fingerprint density at radius 1 is 1.32 bits per heavy atom. The van der Waals surface area contributed by atoms with Crippen molar-refractivity contribution in [2.45, 2.75) is 18.9 Å². The molecule has 0 aliphatic rings. The molecule has 1 aromatic carbocycles. The summed E-state index contributed by atoms with van der Waals surface area (Å²) in [7, 11) is 0. The van der Waals surface area contributed by atoms with Crippen LogP contribution >= 0.6 is 0 Å². The number of carboxylic acid groups (broad SMARTS) is 2. The number of hydrogen-bond donors (Lipinski definition) is 3. The quantitative estimate of drug-likeness (QED) is 0.511. The largest absolute Gasteiger partial charge is 0.481 e. The first-order valence-electron chi connectivity index (χ1n) is 5.22. The van der Waals surface area contributed by atoms with Crippen LogP contribution in [0.15, 0.2) is 18.2 Å². The lowest BCUT2D eigenvalue weighted by Gasteiger charge is -2.11. The number of aliphatic hydroxyl groups is 1. The Hall–Kier alpha value is -2.48. The summed E-state index contributed by atoms with van der Waals surface area (Å²) in [6.45, 7) is 0. The lowest BCUT2D eigenvalue weighted by Crippen LogP contribution is -2.13. The van der Waals surface area contributed by atoms with Crippen molar-refractivity contribution in [2.24, 2.45) is 0 Å². The molecule has 0 heterocycles. The fourth-order valence-corrected chi connectivity index (χ4v) is 1.56. The van der Waals surface area contributed by atoms with Crippen molar-refractivity contribution < 1.29 is 29.8 Å². The van der Waals surface area contributed by atoms with Crippen LogP contribution in [0.4, 0.5) is 5.69 Å². The molecule has 0 amide bonds. The Morgan fingerprint density at radius 2 is 1.95 bits per heavy atom. The van der Waals surface area contributed by atoms with Gasteiger partial charge in [-0.15, -0.1) is 0 Å². The molecule has 8 nitrogen and oxygen atoms in total. The molecule has 0 aromatic heterocycles. The van der Waals surface area contributed by atoms with Crippen LogP contribution in [0.1, 0.15) is 23.7 Å². The first kappa shape index (κ1) is 14.6. The summed E-state index contributed by atoms with van der Waals surface area (Å²) < 4.78 is 0. The molecule has 8 heteroatoms. The number of nitro benzene ring substituents is 1. The number of carbonyl (C=O) groups is 2. The fraction of sp³-hybridized carbons (Fsp3) is 0.273. The minimum absolute atomic E-state index is 0.0423. The second-order valence-corrected chi connectivity index (χ2v) is 3.77. The normalized spacial score (nSPS) is 11.8. The van der Waals surface area contributed by atoms with Gasteiger partial charge < -0.3 is 15.3 Å². The monoisotopic (exact) mass is 269 g/mol. The van der Waals surface area contributed by atoms with Gasteiger partial charge in [0.25, 0.3) is 5.69 Å². The third-order valence-corrected chi connectivity index (χ3v) is 2.47. The van der Waals surface area contributed by atoms with E-state index in [9.17, 15) is 24.8 Å². The average molecular weight is 269 g/mol. The number of aliphatic hydroxyl groups excluding tert-OH is 1. The van der Waals surface area contributed by atoms with Crippen molar-refractivity contribution in [2.75, 3.05) is 0 Å². The minimum Gasteiger partial charge on any atom is -0.481 e. The van der Waals surface area contributed by atoms with Gasteiger partial charge >= 0.3 is 11.9 Å². The summed E-state index contributed by atoms with van der Waals surface area (Å²) in [5.41, 5.74) is -0.201. The van der Waals surface area contributed by atoms with Crippen molar-refractivity contribution in [3.05, 3.63) is 39.4 Å². The van der Waals surface area contributed by atoms with Crippen LogP contribution in [0.3, 0.4) is 0 Å². The Morgan fingerprint density at radius 3 is 2.42 bits per heavy atom. The molecule has 19 heavy (non-hydrogen) atoms. The maximum absolute atomic E-state index is 10.7. The van der Waals surface area contributed by atoms with Gasteiger partial charge in [-0.3, -0.25) is 14.9 Å².